The minimum atomic E-state index is -1.17. The molecule has 8 heterocycles. The predicted molar refractivity (Wildman–Crippen MR) is 374 cm³/mol. The summed E-state index contributed by atoms with van der Waals surface area (Å²) < 4.78 is 129. The SMILES string of the molecule is C=CC(=O)Nc1cn(C)nc1Cc1cc2c(cn1)CC(C(=O)c1c(F)c(OC)cc(OC)c1F)=C2.C=CC(=O)Nc1cn(C)nc1Cc1cc2cc(C(=O)c3c(F)c(OC)cc(OC)c3F)oc2cn1.C=CC(=O)Nc1cn(C)nc1Cc1cc2cc(C(=O)c3c(F)c(OC)cc(OC)c3F)sc2cn1. The highest BCUT2D eigenvalue weighted by atomic mass is 32.1. The van der Waals surface area contributed by atoms with Crippen LogP contribution in [0, 0.1) is 34.9 Å². The largest absolute Gasteiger partial charge is 0.494 e. The lowest BCUT2D eigenvalue weighted by atomic mass is 10.00. The van der Waals surface area contributed by atoms with Crippen molar-refractivity contribution in [1.82, 2.24) is 44.3 Å². The number of halogens is 6. The van der Waals surface area contributed by atoms with Crippen molar-refractivity contribution in [3.63, 3.8) is 0 Å². The Balaban J connectivity index is 0.000000169. The molecule has 3 N–H and O–H groups in total. The molecule has 0 atom stereocenters. The number of allylic oxidation sites excluding steroid dienone is 1. The molecule has 0 saturated carbocycles. The van der Waals surface area contributed by atoms with E-state index in [4.69, 9.17) is 32.8 Å². The number of ether oxygens (including phenoxy) is 6. The van der Waals surface area contributed by atoms with Crippen molar-refractivity contribution in [3.8, 4) is 34.5 Å². The molecular formula is C73H62F6N12O13S. The number of nitrogens with one attached hydrogen (secondary N) is 3. The third-order valence-electron chi connectivity index (χ3n) is 15.9. The van der Waals surface area contributed by atoms with Crippen molar-refractivity contribution in [2.24, 2.45) is 21.1 Å². The first-order chi connectivity index (χ1) is 50.2. The molecule has 0 fully saturated rings. The number of furan rings is 1. The van der Waals surface area contributed by atoms with E-state index in [0.29, 0.717) is 85.1 Å². The highest BCUT2D eigenvalue weighted by Gasteiger charge is 2.33. The second-order valence-electron chi connectivity index (χ2n) is 22.8. The minimum absolute atomic E-state index is 0.129. The Bertz CT molecular complexity index is 5080. The van der Waals surface area contributed by atoms with Crippen LogP contribution in [0.25, 0.3) is 27.1 Å². The van der Waals surface area contributed by atoms with Crippen LogP contribution in [0.3, 0.4) is 0 Å². The second kappa shape index (κ2) is 31.9. The molecule has 0 aliphatic heterocycles. The van der Waals surface area contributed by atoms with Crippen LogP contribution in [0.2, 0.25) is 0 Å². The zero-order chi connectivity index (χ0) is 75.8. The zero-order valence-corrected chi connectivity index (χ0v) is 58.2. The molecule has 1 aliphatic rings. The maximum atomic E-state index is 14.8. The Kier molecular flexibility index (Phi) is 22.7. The minimum Gasteiger partial charge on any atom is -0.494 e. The molecule has 0 saturated heterocycles. The molecule has 11 aromatic rings. The number of aromatic nitrogens is 9. The Labute approximate surface area is 597 Å². The number of rotatable bonds is 24. The topological polar surface area (TPSA) is 299 Å². The molecule has 12 rings (SSSR count). The van der Waals surface area contributed by atoms with E-state index < -0.39 is 68.9 Å². The van der Waals surface area contributed by atoms with Crippen molar-refractivity contribution in [2.75, 3.05) is 58.6 Å². The maximum absolute atomic E-state index is 14.8. The monoisotopic (exact) mass is 1460 g/mol. The van der Waals surface area contributed by atoms with Gasteiger partial charge in [0.1, 0.15) is 16.7 Å². The fourth-order valence-electron chi connectivity index (χ4n) is 10.9. The number of hydrogen-bond acceptors (Lipinski definition) is 20. The molecule has 540 valence electrons. The summed E-state index contributed by atoms with van der Waals surface area (Å²) in [4.78, 5) is 87.6. The molecule has 1 aliphatic carbocycles. The quantitative estimate of drug-likeness (QED) is 0.0288. The van der Waals surface area contributed by atoms with Gasteiger partial charge in [-0.05, 0) is 71.1 Å². The lowest BCUT2D eigenvalue weighted by Gasteiger charge is -2.12. The van der Waals surface area contributed by atoms with Gasteiger partial charge in [0.2, 0.25) is 29.3 Å². The number of carbonyl (C=O) groups is 6. The third-order valence-corrected chi connectivity index (χ3v) is 17.0. The molecule has 3 amide bonds. The number of fused-ring (bicyclic) bond motifs is 3. The molecule has 3 aromatic carbocycles. The van der Waals surface area contributed by atoms with Crippen LogP contribution in [-0.4, -0.2) is 122 Å². The Hall–Kier alpha value is -13.0. The fraction of sp³-hybridized carbons (Fsp3) is 0.178. The van der Waals surface area contributed by atoms with Gasteiger partial charge in [-0.2, -0.15) is 15.3 Å². The van der Waals surface area contributed by atoms with Gasteiger partial charge in [-0.15, -0.1) is 11.3 Å². The number of pyridine rings is 3. The summed E-state index contributed by atoms with van der Waals surface area (Å²) in [7, 11) is 12.4. The Morgan fingerprint density at radius 2 is 0.857 bits per heavy atom. The van der Waals surface area contributed by atoms with Crippen molar-refractivity contribution < 1.29 is 87.9 Å². The number of methoxy groups -OCH3 is 6. The van der Waals surface area contributed by atoms with Gasteiger partial charge in [-0.3, -0.25) is 57.8 Å². The molecule has 0 unspecified atom stereocenters. The average molecular weight is 1460 g/mol. The predicted octanol–water partition coefficient (Wildman–Crippen LogP) is 11.7. The van der Waals surface area contributed by atoms with E-state index in [2.05, 4.69) is 65.9 Å². The summed E-state index contributed by atoms with van der Waals surface area (Å²) in [6.07, 6.45) is 15.7. The van der Waals surface area contributed by atoms with Crippen LogP contribution >= 0.6 is 11.3 Å². The van der Waals surface area contributed by atoms with Crippen molar-refractivity contribution in [2.45, 2.75) is 25.7 Å². The summed E-state index contributed by atoms with van der Waals surface area (Å²) in [5, 5.41) is 22.3. The molecule has 105 heavy (non-hydrogen) atoms. The van der Waals surface area contributed by atoms with Crippen LogP contribution in [0.4, 0.5) is 43.4 Å². The Morgan fingerprint density at radius 3 is 1.27 bits per heavy atom. The number of ketones is 3. The average Bonchev–Trinajstić information content (AvgIpc) is 1.75. The summed E-state index contributed by atoms with van der Waals surface area (Å²) in [6, 6.07) is 11.2. The number of hydrogen-bond donors (Lipinski definition) is 3. The van der Waals surface area contributed by atoms with Gasteiger partial charge in [0.25, 0.3) is 0 Å². The van der Waals surface area contributed by atoms with E-state index in [1.165, 1.54) is 54.9 Å². The number of amides is 3. The number of aryl methyl sites for hydroxylation is 3. The normalized spacial score (nSPS) is 11.3. The fourth-order valence-corrected chi connectivity index (χ4v) is 11.9. The van der Waals surface area contributed by atoms with Crippen molar-refractivity contribution in [1.29, 1.82) is 0 Å². The van der Waals surface area contributed by atoms with E-state index in [1.54, 1.807) is 96.5 Å². The number of anilines is 3. The molecule has 0 radical (unpaired) electrons. The van der Waals surface area contributed by atoms with Crippen LogP contribution < -0.4 is 44.4 Å². The first-order valence-electron chi connectivity index (χ1n) is 31.0. The maximum Gasteiger partial charge on any atom is 0.247 e. The summed E-state index contributed by atoms with van der Waals surface area (Å²) in [6.45, 7) is 10.3. The number of Topliss-reactive ketones (excluding diaryl/α,β-unsaturated/α-hetero) is 1. The highest BCUT2D eigenvalue weighted by molar-refractivity contribution is 7.21. The molecule has 0 bridgehead atoms. The second-order valence-corrected chi connectivity index (χ2v) is 23.9. The van der Waals surface area contributed by atoms with Crippen LogP contribution in [-0.2, 0) is 61.2 Å². The van der Waals surface area contributed by atoms with E-state index in [-0.39, 0.29) is 86.9 Å². The highest BCUT2D eigenvalue weighted by Crippen LogP contribution is 2.39. The van der Waals surface area contributed by atoms with Gasteiger partial charge in [-0.1, -0.05) is 19.7 Å². The van der Waals surface area contributed by atoms with Crippen LogP contribution in [0.1, 0.15) is 87.0 Å². The number of nitrogens with zero attached hydrogens (tertiary/aromatic N) is 9. The summed E-state index contributed by atoms with van der Waals surface area (Å²) >= 11 is 1.06. The van der Waals surface area contributed by atoms with Gasteiger partial charge in [0.15, 0.2) is 86.5 Å². The van der Waals surface area contributed by atoms with Gasteiger partial charge in [-0.25, -0.2) is 26.3 Å². The van der Waals surface area contributed by atoms with E-state index in [1.807, 2.05) is 0 Å². The number of carbonyl (C=O) groups excluding carboxylic acids is 6. The van der Waals surface area contributed by atoms with Crippen LogP contribution in [0.15, 0.2) is 134 Å². The molecule has 8 aromatic heterocycles. The number of benzene rings is 3. The summed E-state index contributed by atoms with van der Waals surface area (Å²) in [5.74, 6) is -12.6. The molecule has 25 nitrogen and oxygen atoms in total. The lowest BCUT2D eigenvalue weighted by Crippen LogP contribution is -2.11. The van der Waals surface area contributed by atoms with Gasteiger partial charge >= 0.3 is 0 Å². The van der Waals surface area contributed by atoms with E-state index in [9.17, 15) is 55.1 Å². The third kappa shape index (κ3) is 16.0. The van der Waals surface area contributed by atoms with Crippen molar-refractivity contribution >= 4 is 90.6 Å². The molecule has 0 spiro atoms. The van der Waals surface area contributed by atoms with E-state index >= 15 is 0 Å². The first-order valence-corrected chi connectivity index (χ1v) is 31.8. The summed E-state index contributed by atoms with van der Waals surface area (Å²) in [5.41, 5.74) is 4.70. The lowest BCUT2D eigenvalue weighted by molar-refractivity contribution is -0.112. The van der Waals surface area contributed by atoms with Crippen LogP contribution in [0.5, 0.6) is 34.5 Å². The first kappa shape index (κ1) is 74.7. The molecular weight excluding hydrogens is 1400 g/mol. The zero-order valence-electron chi connectivity index (χ0n) is 57.4. The molecule has 32 heteroatoms. The van der Waals surface area contributed by atoms with Gasteiger partial charge in [0, 0.05) is 124 Å². The van der Waals surface area contributed by atoms with E-state index in [0.717, 1.165) is 53.3 Å². The van der Waals surface area contributed by atoms with Crippen molar-refractivity contribution in [3.05, 3.63) is 237 Å². The van der Waals surface area contributed by atoms with Gasteiger partial charge < -0.3 is 48.8 Å². The van der Waals surface area contributed by atoms with Gasteiger partial charge in [0.05, 0.1) is 92.6 Å². The standard InChI is InChI=1S/C25H22F2N4O4.C24H20F2N4O5.C24H20F2N4O4S/c1-5-21(32)29-18-12-31(2)30-17(18)9-16-8-13-6-14(7-15(13)11-28-16)25(33)22-23(26)19(34-3)10-20(35-4)24(22)27;2*1-5-20(31)28-15-11-30(2)29-14(15)8-13-6-12-7-18(35-19(12)10-27-13)24(32)21-22(25)16(33-3)9-17(34-4)23(21)26/h5-6,8,10-12H,1,7,9H2,2-4H3,(H,29,32);2*5-7,9-11H,1,8H2,2-4H3,(H,28,31). The smallest absolute Gasteiger partial charge is 0.247 e. The Morgan fingerprint density at radius 1 is 0.486 bits per heavy atom. The number of thiophene rings is 1.